The van der Waals surface area contributed by atoms with Crippen LogP contribution in [0.1, 0.15) is 11.1 Å². The summed E-state index contributed by atoms with van der Waals surface area (Å²) in [6.07, 6.45) is 0. The van der Waals surface area contributed by atoms with Crippen LogP contribution in [0.25, 0.3) is 11.3 Å². The third-order valence-corrected chi connectivity index (χ3v) is 2.80. The summed E-state index contributed by atoms with van der Waals surface area (Å²) in [7, 11) is 1.77. The number of anilines is 1. The Bertz CT molecular complexity index is 524. The molecule has 3 N–H and O–H groups in total. The molecular formula is C12H15N3O. The second kappa shape index (κ2) is 3.56. The number of nitrogens with two attached hydrogens (primary N) is 1. The molecule has 4 nitrogen and oxygen atoms in total. The highest BCUT2D eigenvalue weighted by molar-refractivity contribution is 5.70. The molecule has 0 aliphatic heterocycles. The van der Waals surface area contributed by atoms with Gasteiger partial charge in [0.15, 0.2) is 0 Å². The molecule has 0 aliphatic carbocycles. The molecule has 0 unspecified atom stereocenters. The van der Waals surface area contributed by atoms with Gasteiger partial charge in [0.2, 0.25) is 0 Å². The van der Waals surface area contributed by atoms with Crippen LogP contribution in [0.2, 0.25) is 0 Å². The first-order valence-corrected chi connectivity index (χ1v) is 5.09. The largest absolute Gasteiger partial charge is 0.507 e. The van der Waals surface area contributed by atoms with Crippen molar-refractivity contribution >= 4 is 5.82 Å². The molecular weight excluding hydrogens is 202 g/mol. The van der Waals surface area contributed by atoms with Crippen molar-refractivity contribution in [2.75, 3.05) is 5.73 Å². The summed E-state index contributed by atoms with van der Waals surface area (Å²) in [6.45, 7) is 3.97. The van der Waals surface area contributed by atoms with E-state index in [0.717, 1.165) is 16.7 Å². The Kier molecular flexibility index (Phi) is 2.34. The number of hydrogen-bond acceptors (Lipinski definition) is 3. The van der Waals surface area contributed by atoms with Gasteiger partial charge in [0.1, 0.15) is 11.6 Å². The van der Waals surface area contributed by atoms with Gasteiger partial charge in [0, 0.05) is 18.7 Å². The van der Waals surface area contributed by atoms with E-state index in [2.05, 4.69) is 5.10 Å². The third-order valence-electron chi connectivity index (χ3n) is 2.80. The molecule has 1 aromatic carbocycles. The maximum absolute atomic E-state index is 9.88. The van der Waals surface area contributed by atoms with E-state index in [1.807, 2.05) is 19.9 Å². The number of benzene rings is 1. The standard InChI is InChI=1S/C12H15N3O/c1-7-4-9(11(16)5-8(7)2)10-6-12(13)15(3)14-10/h4-6,16H,13H2,1-3H3. The summed E-state index contributed by atoms with van der Waals surface area (Å²) in [5, 5.41) is 14.1. The fourth-order valence-corrected chi connectivity index (χ4v) is 1.62. The van der Waals surface area contributed by atoms with Crippen molar-refractivity contribution in [1.29, 1.82) is 0 Å². The maximum Gasteiger partial charge on any atom is 0.125 e. The summed E-state index contributed by atoms with van der Waals surface area (Å²) in [5.41, 5.74) is 9.31. The predicted molar refractivity (Wildman–Crippen MR) is 64.2 cm³/mol. The van der Waals surface area contributed by atoms with E-state index in [1.54, 1.807) is 23.9 Å². The van der Waals surface area contributed by atoms with E-state index in [1.165, 1.54) is 0 Å². The summed E-state index contributed by atoms with van der Waals surface area (Å²) in [4.78, 5) is 0. The van der Waals surface area contributed by atoms with Crippen molar-refractivity contribution in [1.82, 2.24) is 9.78 Å². The molecule has 1 heterocycles. The minimum atomic E-state index is 0.237. The van der Waals surface area contributed by atoms with Crippen molar-refractivity contribution in [3.05, 3.63) is 29.3 Å². The van der Waals surface area contributed by atoms with Crippen molar-refractivity contribution in [3.63, 3.8) is 0 Å². The molecule has 0 bridgehead atoms. The minimum absolute atomic E-state index is 0.237. The van der Waals surface area contributed by atoms with Crippen LogP contribution in [0.3, 0.4) is 0 Å². The number of aromatic nitrogens is 2. The number of phenols is 1. The molecule has 0 saturated carbocycles. The monoisotopic (exact) mass is 217 g/mol. The minimum Gasteiger partial charge on any atom is -0.507 e. The highest BCUT2D eigenvalue weighted by Crippen LogP contribution is 2.31. The number of aromatic hydroxyl groups is 1. The van der Waals surface area contributed by atoms with Gasteiger partial charge in [-0.3, -0.25) is 4.68 Å². The van der Waals surface area contributed by atoms with Crippen LogP contribution in [0.5, 0.6) is 5.75 Å². The number of rotatable bonds is 1. The first kappa shape index (κ1) is 10.5. The first-order chi connectivity index (χ1) is 7.49. The summed E-state index contributed by atoms with van der Waals surface area (Å²) < 4.78 is 1.59. The van der Waals surface area contributed by atoms with Crippen LogP contribution >= 0.6 is 0 Å². The molecule has 0 radical (unpaired) electrons. The Balaban J connectivity index is 2.60. The molecule has 16 heavy (non-hydrogen) atoms. The molecule has 4 heteroatoms. The van der Waals surface area contributed by atoms with Crippen LogP contribution in [0.15, 0.2) is 18.2 Å². The van der Waals surface area contributed by atoms with Gasteiger partial charge >= 0.3 is 0 Å². The van der Waals surface area contributed by atoms with Gasteiger partial charge < -0.3 is 10.8 Å². The number of hydrogen-bond donors (Lipinski definition) is 2. The van der Waals surface area contributed by atoms with E-state index in [-0.39, 0.29) is 5.75 Å². The van der Waals surface area contributed by atoms with E-state index < -0.39 is 0 Å². The van der Waals surface area contributed by atoms with Crippen LogP contribution in [0.4, 0.5) is 5.82 Å². The zero-order valence-corrected chi connectivity index (χ0v) is 9.65. The lowest BCUT2D eigenvalue weighted by atomic mass is 10.0. The summed E-state index contributed by atoms with van der Waals surface area (Å²) in [6, 6.07) is 5.42. The molecule has 2 aromatic rings. The Morgan fingerprint density at radius 2 is 1.81 bits per heavy atom. The maximum atomic E-state index is 9.88. The Labute approximate surface area is 94.3 Å². The molecule has 0 fully saturated rings. The van der Waals surface area contributed by atoms with Gasteiger partial charge in [-0.15, -0.1) is 0 Å². The number of aryl methyl sites for hydroxylation is 3. The quantitative estimate of drug-likeness (QED) is 0.767. The lowest BCUT2D eigenvalue weighted by molar-refractivity contribution is 0.476. The normalized spacial score (nSPS) is 10.7. The SMILES string of the molecule is Cc1cc(O)c(-c2cc(N)n(C)n2)cc1C. The second-order valence-corrected chi connectivity index (χ2v) is 4.03. The zero-order chi connectivity index (χ0) is 11.9. The van der Waals surface area contributed by atoms with E-state index in [4.69, 9.17) is 5.73 Å². The van der Waals surface area contributed by atoms with E-state index in [0.29, 0.717) is 11.5 Å². The third kappa shape index (κ3) is 1.62. The number of phenolic OH excluding ortho intramolecular Hbond substituents is 1. The molecule has 84 valence electrons. The van der Waals surface area contributed by atoms with Crippen LogP contribution in [0, 0.1) is 13.8 Å². The van der Waals surface area contributed by atoms with Gasteiger partial charge in [-0.1, -0.05) is 0 Å². The Morgan fingerprint density at radius 1 is 1.19 bits per heavy atom. The van der Waals surface area contributed by atoms with Crippen molar-refractivity contribution < 1.29 is 5.11 Å². The molecule has 0 saturated heterocycles. The number of nitrogen functional groups attached to an aromatic ring is 1. The first-order valence-electron chi connectivity index (χ1n) is 5.09. The molecule has 0 spiro atoms. The molecule has 0 atom stereocenters. The van der Waals surface area contributed by atoms with Crippen molar-refractivity contribution in [2.45, 2.75) is 13.8 Å². The highest BCUT2D eigenvalue weighted by Gasteiger charge is 2.10. The Morgan fingerprint density at radius 3 is 2.38 bits per heavy atom. The fraction of sp³-hybridized carbons (Fsp3) is 0.250. The zero-order valence-electron chi connectivity index (χ0n) is 9.65. The smallest absolute Gasteiger partial charge is 0.125 e. The highest BCUT2D eigenvalue weighted by atomic mass is 16.3. The van der Waals surface area contributed by atoms with Gasteiger partial charge in [-0.05, 0) is 37.1 Å². The van der Waals surface area contributed by atoms with Gasteiger partial charge in [0.05, 0.1) is 5.69 Å². The Hall–Kier alpha value is -1.97. The van der Waals surface area contributed by atoms with Crippen molar-refractivity contribution in [3.8, 4) is 17.0 Å². The van der Waals surface area contributed by atoms with E-state index >= 15 is 0 Å². The van der Waals surface area contributed by atoms with Crippen molar-refractivity contribution in [2.24, 2.45) is 7.05 Å². The lowest BCUT2D eigenvalue weighted by Gasteiger charge is -2.05. The number of nitrogens with zero attached hydrogens (tertiary/aromatic N) is 2. The summed E-state index contributed by atoms with van der Waals surface area (Å²) in [5.74, 6) is 0.814. The summed E-state index contributed by atoms with van der Waals surface area (Å²) >= 11 is 0. The topological polar surface area (TPSA) is 64.1 Å². The van der Waals surface area contributed by atoms with Crippen LogP contribution < -0.4 is 5.73 Å². The molecule has 0 aliphatic rings. The van der Waals surface area contributed by atoms with Crippen LogP contribution in [-0.4, -0.2) is 14.9 Å². The lowest BCUT2D eigenvalue weighted by Crippen LogP contribution is -1.96. The predicted octanol–water partition coefficient (Wildman–Crippen LogP) is 1.99. The second-order valence-electron chi connectivity index (χ2n) is 4.03. The van der Waals surface area contributed by atoms with Gasteiger partial charge in [-0.2, -0.15) is 5.10 Å². The molecule has 1 aromatic heterocycles. The average Bonchev–Trinajstić information content (AvgIpc) is 2.53. The molecule has 2 rings (SSSR count). The van der Waals surface area contributed by atoms with E-state index in [9.17, 15) is 5.11 Å². The average molecular weight is 217 g/mol. The van der Waals surface area contributed by atoms with Gasteiger partial charge in [0.25, 0.3) is 0 Å². The fourth-order valence-electron chi connectivity index (χ4n) is 1.62. The van der Waals surface area contributed by atoms with Crippen LogP contribution in [-0.2, 0) is 7.05 Å². The molecule has 0 amide bonds. The van der Waals surface area contributed by atoms with Gasteiger partial charge in [-0.25, -0.2) is 0 Å².